The summed E-state index contributed by atoms with van der Waals surface area (Å²) in [5.41, 5.74) is 0.789. The first-order chi connectivity index (χ1) is 8.36. The molecular formula is C14H19NO3. The molecule has 1 N–H and O–H groups in total. The number of carbonyl (C=O) groups is 1. The Bertz CT molecular complexity index is 459. The third kappa shape index (κ3) is 3.22. The molecule has 0 aliphatic heterocycles. The molecule has 0 radical (unpaired) electrons. The van der Waals surface area contributed by atoms with Crippen LogP contribution in [0.5, 0.6) is 5.88 Å². The van der Waals surface area contributed by atoms with Gasteiger partial charge in [0.15, 0.2) is 0 Å². The van der Waals surface area contributed by atoms with Crippen LogP contribution in [-0.2, 0) is 5.41 Å². The molecule has 1 aliphatic rings. The molecule has 1 aromatic heterocycles. The van der Waals surface area contributed by atoms with Crippen molar-refractivity contribution in [3.63, 3.8) is 0 Å². The van der Waals surface area contributed by atoms with Crippen molar-refractivity contribution in [1.29, 1.82) is 0 Å². The van der Waals surface area contributed by atoms with Gasteiger partial charge in [-0.15, -0.1) is 0 Å². The van der Waals surface area contributed by atoms with Gasteiger partial charge in [-0.25, -0.2) is 9.78 Å². The first kappa shape index (κ1) is 12.9. The number of carboxylic acid groups (broad SMARTS) is 1. The van der Waals surface area contributed by atoms with Crippen LogP contribution in [0.4, 0.5) is 0 Å². The minimum absolute atomic E-state index is 0.191. The van der Waals surface area contributed by atoms with E-state index in [1.807, 2.05) is 20.8 Å². The summed E-state index contributed by atoms with van der Waals surface area (Å²) in [5, 5.41) is 9.11. The molecule has 4 heteroatoms. The molecule has 1 aliphatic carbocycles. The highest BCUT2D eigenvalue weighted by Crippen LogP contribution is 2.30. The molecule has 98 valence electrons. The van der Waals surface area contributed by atoms with Crippen LogP contribution < -0.4 is 4.74 Å². The lowest BCUT2D eigenvalue weighted by Crippen LogP contribution is -2.16. The van der Waals surface area contributed by atoms with Crippen molar-refractivity contribution < 1.29 is 14.6 Å². The summed E-state index contributed by atoms with van der Waals surface area (Å²) in [7, 11) is 0. The van der Waals surface area contributed by atoms with E-state index in [0.29, 0.717) is 18.4 Å². The summed E-state index contributed by atoms with van der Waals surface area (Å²) in [6.45, 7) is 6.66. The van der Waals surface area contributed by atoms with Crippen molar-refractivity contribution in [3.05, 3.63) is 23.4 Å². The number of rotatable bonds is 4. The molecule has 18 heavy (non-hydrogen) atoms. The Balaban J connectivity index is 2.26. The van der Waals surface area contributed by atoms with Gasteiger partial charge in [0.2, 0.25) is 5.88 Å². The largest absolute Gasteiger partial charge is 0.478 e. The molecule has 0 amide bonds. The van der Waals surface area contributed by atoms with E-state index in [1.54, 1.807) is 6.07 Å². The lowest BCUT2D eigenvalue weighted by molar-refractivity contribution is 0.0696. The number of nitrogens with zero attached hydrogens (tertiary/aromatic N) is 1. The molecular weight excluding hydrogens is 230 g/mol. The maximum Gasteiger partial charge on any atom is 0.335 e. The second-order valence-corrected chi connectivity index (χ2v) is 5.89. The zero-order chi connectivity index (χ0) is 13.3. The van der Waals surface area contributed by atoms with E-state index < -0.39 is 5.97 Å². The number of hydrogen-bond acceptors (Lipinski definition) is 3. The van der Waals surface area contributed by atoms with Crippen molar-refractivity contribution in [3.8, 4) is 5.88 Å². The molecule has 4 nitrogen and oxygen atoms in total. The van der Waals surface area contributed by atoms with Crippen molar-refractivity contribution in [1.82, 2.24) is 4.98 Å². The van der Waals surface area contributed by atoms with Crippen LogP contribution in [0.2, 0.25) is 0 Å². The summed E-state index contributed by atoms with van der Waals surface area (Å²) in [6, 6.07) is 3.12. The minimum atomic E-state index is -0.945. The zero-order valence-electron chi connectivity index (χ0n) is 11.1. The summed E-state index contributed by atoms with van der Waals surface area (Å²) in [6.07, 6.45) is 2.40. The fraction of sp³-hybridized carbons (Fsp3) is 0.571. The van der Waals surface area contributed by atoms with E-state index in [0.717, 1.165) is 5.69 Å². The number of aromatic nitrogens is 1. The normalized spacial score (nSPS) is 15.5. The zero-order valence-corrected chi connectivity index (χ0v) is 11.1. The third-order valence-corrected chi connectivity index (χ3v) is 2.98. The number of ether oxygens (including phenoxy) is 1. The van der Waals surface area contributed by atoms with E-state index in [-0.39, 0.29) is 11.0 Å². The Hall–Kier alpha value is -1.58. The molecule has 1 heterocycles. The van der Waals surface area contributed by atoms with Crippen LogP contribution in [0.15, 0.2) is 12.1 Å². The van der Waals surface area contributed by atoms with Gasteiger partial charge in [-0.2, -0.15) is 0 Å². The quantitative estimate of drug-likeness (QED) is 0.891. The van der Waals surface area contributed by atoms with Crippen molar-refractivity contribution >= 4 is 5.97 Å². The van der Waals surface area contributed by atoms with Crippen LogP contribution in [-0.4, -0.2) is 22.7 Å². The Morgan fingerprint density at radius 3 is 2.61 bits per heavy atom. The molecule has 0 aromatic carbocycles. The number of hydrogen-bond donors (Lipinski definition) is 1. The third-order valence-electron chi connectivity index (χ3n) is 2.98. The van der Waals surface area contributed by atoms with E-state index >= 15 is 0 Å². The summed E-state index contributed by atoms with van der Waals surface area (Å²) in [5.74, 6) is 0.101. The molecule has 0 unspecified atom stereocenters. The van der Waals surface area contributed by atoms with Crippen LogP contribution in [0.3, 0.4) is 0 Å². The number of aromatic carboxylic acids is 1. The fourth-order valence-electron chi connectivity index (χ4n) is 1.57. The van der Waals surface area contributed by atoms with Gasteiger partial charge in [-0.05, 0) is 24.8 Å². The molecule has 1 aromatic rings. The lowest BCUT2D eigenvalue weighted by atomic mass is 9.91. The van der Waals surface area contributed by atoms with E-state index in [4.69, 9.17) is 9.84 Å². The first-order valence-electron chi connectivity index (χ1n) is 6.25. The fourth-order valence-corrected chi connectivity index (χ4v) is 1.57. The Labute approximate surface area is 107 Å². The predicted octanol–water partition coefficient (Wildman–Crippen LogP) is 2.87. The van der Waals surface area contributed by atoms with Crippen LogP contribution in [0.25, 0.3) is 0 Å². The summed E-state index contributed by atoms with van der Waals surface area (Å²) in [4.78, 5) is 15.5. The second kappa shape index (κ2) is 4.59. The average Bonchev–Trinajstić information content (AvgIpc) is 3.08. The highest BCUT2D eigenvalue weighted by molar-refractivity contribution is 5.88. The molecule has 1 saturated carbocycles. The lowest BCUT2D eigenvalue weighted by Gasteiger charge is -2.19. The minimum Gasteiger partial charge on any atom is -0.478 e. The van der Waals surface area contributed by atoms with Gasteiger partial charge in [-0.3, -0.25) is 0 Å². The molecule has 2 rings (SSSR count). The van der Waals surface area contributed by atoms with Gasteiger partial charge in [-0.1, -0.05) is 20.8 Å². The van der Waals surface area contributed by atoms with Gasteiger partial charge >= 0.3 is 5.97 Å². The van der Waals surface area contributed by atoms with Crippen LogP contribution >= 0.6 is 0 Å². The summed E-state index contributed by atoms with van der Waals surface area (Å²) >= 11 is 0. The van der Waals surface area contributed by atoms with Gasteiger partial charge in [0.05, 0.1) is 17.9 Å². The van der Waals surface area contributed by atoms with Gasteiger partial charge in [0, 0.05) is 11.5 Å². The van der Waals surface area contributed by atoms with Crippen molar-refractivity contribution in [2.45, 2.75) is 39.0 Å². The maximum absolute atomic E-state index is 11.1. The number of pyridine rings is 1. The topological polar surface area (TPSA) is 59.4 Å². The Morgan fingerprint density at radius 2 is 2.11 bits per heavy atom. The Kier molecular flexibility index (Phi) is 3.28. The van der Waals surface area contributed by atoms with E-state index in [2.05, 4.69) is 4.98 Å². The molecule has 0 spiro atoms. The summed E-state index contributed by atoms with van der Waals surface area (Å²) < 4.78 is 5.58. The van der Waals surface area contributed by atoms with Gasteiger partial charge in [0.25, 0.3) is 0 Å². The van der Waals surface area contributed by atoms with E-state index in [1.165, 1.54) is 18.9 Å². The monoisotopic (exact) mass is 249 g/mol. The average molecular weight is 249 g/mol. The van der Waals surface area contributed by atoms with Crippen LogP contribution in [0.1, 0.15) is 49.7 Å². The molecule has 1 fully saturated rings. The molecule has 0 saturated heterocycles. The van der Waals surface area contributed by atoms with Gasteiger partial charge in [0.1, 0.15) is 0 Å². The molecule has 0 atom stereocenters. The smallest absolute Gasteiger partial charge is 0.335 e. The van der Waals surface area contributed by atoms with Crippen LogP contribution in [0, 0.1) is 5.92 Å². The first-order valence-corrected chi connectivity index (χ1v) is 6.25. The molecule has 0 bridgehead atoms. The highest BCUT2D eigenvalue weighted by Gasteiger charge is 2.23. The predicted molar refractivity (Wildman–Crippen MR) is 68.1 cm³/mol. The van der Waals surface area contributed by atoms with Crippen molar-refractivity contribution in [2.24, 2.45) is 5.92 Å². The highest BCUT2D eigenvalue weighted by atomic mass is 16.5. The standard InChI is InChI=1S/C14H19NO3/c1-14(2,3)11-6-10(13(16)17)7-12(15-11)18-8-9-4-5-9/h6-7,9H,4-5,8H2,1-3H3,(H,16,17). The van der Waals surface area contributed by atoms with Crippen molar-refractivity contribution in [2.75, 3.05) is 6.61 Å². The maximum atomic E-state index is 11.1. The second-order valence-electron chi connectivity index (χ2n) is 5.89. The Morgan fingerprint density at radius 1 is 1.44 bits per heavy atom. The number of carboxylic acids is 1. The SMILES string of the molecule is CC(C)(C)c1cc(C(=O)O)cc(OCC2CC2)n1. The van der Waals surface area contributed by atoms with E-state index in [9.17, 15) is 4.79 Å². The van der Waals surface area contributed by atoms with Gasteiger partial charge < -0.3 is 9.84 Å².